The van der Waals surface area contributed by atoms with Gasteiger partial charge >= 0.3 is 12.5 Å². The number of nitrogens with two attached hydrogens (primary N) is 1. The molecule has 0 fully saturated rings. The van der Waals surface area contributed by atoms with Gasteiger partial charge in [0.1, 0.15) is 5.69 Å². The first-order valence-electron chi connectivity index (χ1n) is 5.01. The van der Waals surface area contributed by atoms with Crippen molar-refractivity contribution in [2.24, 2.45) is 5.73 Å². The van der Waals surface area contributed by atoms with Gasteiger partial charge in [-0.25, -0.2) is 4.98 Å². The number of nitrogens with zero attached hydrogens (tertiary/aromatic N) is 2. The lowest BCUT2D eigenvalue weighted by atomic mass is 10.1. The van der Waals surface area contributed by atoms with Gasteiger partial charge in [-0.2, -0.15) is 18.4 Å². The van der Waals surface area contributed by atoms with Gasteiger partial charge in [0.15, 0.2) is 5.75 Å². The van der Waals surface area contributed by atoms with Crippen LogP contribution in [0.3, 0.4) is 0 Å². The van der Waals surface area contributed by atoms with Gasteiger partial charge in [-0.3, -0.25) is 0 Å². The first-order valence-corrected chi connectivity index (χ1v) is 5.01. The van der Waals surface area contributed by atoms with Crippen molar-refractivity contribution in [1.29, 1.82) is 5.26 Å². The summed E-state index contributed by atoms with van der Waals surface area (Å²) in [7, 11) is 0. The van der Waals surface area contributed by atoms with Gasteiger partial charge in [-0.1, -0.05) is 0 Å². The zero-order valence-corrected chi connectivity index (χ0v) is 9.64. The van der Waals surface area contributed by atoms with Crippen molar-refractivity contribution < 1.29 is 31.1 Å². The standard InChI is InChI=1S/C10H7F6N3O/c11-9(12,13)7-3-5(4-18)8(20-10(14,15)16)6(19-7)1-2-17/h3H,1,4,18H2. The van der Waals surface area contributed by atoms with Crippen LogP contribution in [0.15, 0.2) is 6.07 Å². The molecule has 2 N–H and O–H groups in total. The van der Waals surface area contributed by atoms with Crippen LogP contribution in [-0.2, 0) is 19.1 Å². The third-order valence-electron chi connectivity index (χ3n) is 2.09. The van der Waals surface area contributed by atoms with Crippen LogP contribution in [0.4, 0.5) is 26.3 Å². The zero-order chi connectivity index (χ0) is 15.6. The number of aromatic nitrogens is 1. The van der Waals surface area contributed by atoms with Crippen molar-refractivity contribution in [2.45, 2.75) is 25.5 Å². The number of hydrogen-bond acceptors (Lipinski definition) is 4. The fraction of sp³-hybridized carbons (Fsp3) is 0.400. The van der Waals surface area contributed by atoms with E-state index in [1.54, 1.807) is 0 Å². The summed E-state index contributed by atoms with van der Waals surface area (Å²) in [6, 6.07) is 1.79. The lowest BCUT2D eigenvalue weighted by Gasteiger charge is -2.17. The van der Waals surface area contributed by atoms with Crippen molar-refractivity contribution in [3.63, 3.8) is 0 Å². The first-order chi connectivity index (χ1) is 9.08. The molecule has 0 radical (unpaired) electrons. The highest BCUT2D eigenvalue weighted by atomic mass is 19.4. The highest BCUT2D eigenvalue weighted by Crippen LogP contribution is 2.35. The maximum Gasteiger partial charge on any atom is 0.573 e. The molecule has 0 unspecified atom stereocenters. The smallest absolute Gasteiger partial charge is 0.403 e. The van der Waals surface area contributed by atoms with E-state index >= 15 is 0 Å². The number of pyridine rings is 1. The molecule has 0 saturated heterocycles. The van der Waals surface area contributed by atoms with Crippen LogP contribution in [0.25, 0.3) is 0 Å². The predicted molar refractivity (Wildman–Crippen MR) is 53.1 cm³/mol. The molecule has 0 aliphatic heterocycles. The quantitative estimate of drug-likeness (QED) is 0.870. The summed E-state index contributed by atoms with van der Waals surface area (Å²) < 4.78 is 77.9. The van der Waals surface area contributed by atoms with Gasteiger partial charge in [0.2, 0.25) is 0 Å². The van der Waals surface area contributed by atoms with Crippen LogP contribution < -0.4 is 10.5 Å². The third kappa shape index (κ3) is 3.99. The maximum absolute atomic E-state index is 12.5. The highest BCUT2D eigenvalue weighted by molar-refractivity contribution is 5.41. The van der Waals surface area contributed by atoms with E-state index in [1.807, 2.05) is 0 Å². The summed E-state index contributed by atoms with van der Waals surface area (Å²) in [6.07, 6.45) is -10.8. The van der Waals surface area contributed by atoms with Crippen molar-refractivity contribution in [3.8, 4) is 11.8 Å². The van der Waals surface area contributed by atoms with Crippen LogP contribution in [0.5, 0.6) is 5.75 Å². The predicted octanol–water partition coefficient (Wildman–Crippen LogP) is 2.52. The molecular weight excluding hydrogens is 292 g/mol. The molecule has 1 aromatic rings. The molecule has 1 rings (SSSR count). The van der Waals surface area contributed by atoms with Crippen LogP contribution in [0, 0.1) is 11.3 Å². The van der Waals surface area contributed by atoms with E-state index in [0.717, 1.165) is 0 Å². The third-order valence-corrected chi connectivity index (χ3v) is 2.09. The number of alkyl halides is 6. The monoisotopic (exact) mass is 299 g/mol. The molecule has 110 valence electrons. The number of halogens is 6. The molecule has 10 heteroatoms. The molecule has 0 spiro atoms. The minimum absolute atomic E-state index is 0.363. The summed E-state index contributed by atoms with van der Waals surface area (Å²) in [5, 5.41) is 8.46. The van der Waals surface area contributed by atoms with Gasteiger partial charge in [-0.15, -0.1) is 13.2 Å². The Kier molecular flexibility index (Phi) is 4.44. The minimum atomic E-state index is -5.13. The van der Waals surface area contributed by atoms with Gasteiger partial charge in [0.25, 0.3) is 0 Å². The molecule has 20 heavy (non-hydrogen) atoms. The largest absolute Gasteiger partial charge is 0.573 e. The van der Waals surface area contributed by atoms with Gasteiger partial charge in [0, 0.05) is 12.1 Å². The highest BCUT2D eigenvalue weighted by Gasteiger charge is 2.37. The van der Waals surface area contributed by atoms with Crippen molar-refractivity contribution in [1.82, 2.24) is 4.98 Å². The van der Waals surface area contributed by atoms with Gasteiger partial charge in [-0.05, 0) is 6.07 Å². The van der Waals surface area contributed by atoms with E-state index in [9.17, 15) is 26.3 Å². The molecule has 0 bridgehead atoms. The lowest BCUT2D eigenvalue weighted by molar-refractivity contribution is -0.275. The Labute approximate surface area is 108 Å². The summed E-state index contributed by atoms with van der Waals surface area (Å²) in [6.45, 7) is -0.630. The van der Waals surface area contributed by atoms with Crippen molar-refractivity contribution in [2.75, 3.05) is 0 Å². The Hall–Kier alpha value is -2.02. The molecule has 0 aromatic carbocycles. The number of rotatable bonds is 3. The maximum atomic E-state index is 12.5. The summed E-state index contributed by atoms with van der Waals surface area (Å²) in [5.74, 6) is -0.963. The zero-order valence-electron chi connectivity index (χ0n) is 9.64. The lowest BCUT2D eigenvalue weighted by Crippen LogP contribution is -2.22. The van der Waals surface area contributed by atoms with Gasteiger partial charge in [0.05, 0.1) is 18.2 Å². The Morgan fingerprint density at radius 1 is 1.25 bits per heavy atom. The van der Waals surface area contributed by atoms with E-state index in [0.29, 0.717) is 6.07 Å². The Balaban J connectivity index is 3.45. The van der Waals surface area contributed by atoms with Crippen molar-refractivity contribution in [3.05, 3.63) is 23.0 Å². The number of ether oxygens (including phenoxy) is 1. The normalized spacial score (nSPS) is 12.1. The molecule has 0 aliphatic carbocycles. The SMILES string of the molecule is N#CCc1nc(C(F)(F)F)cc(CN)c1OC(F)(F)F. The minimum Gasteiger partial charge on any atom is -0.403 e. The van der Waals surface area contributed by atoms with E-state index in [2.05, 4.69) is 9.72 Å². The first kappa shape index (κ1) is 16.0. The average Bonchev–Trinajstić information content (AvgIpc) is 2.28. The van der Waals surface area contributed by atoms with Crippen LogP contribution >= 0.6 is 0 Å². The van der Waals surface area contributed by atoms with Crippen LogP contribution in [-0.4, -0.2) is 11.3 Å². The summed E-state index contributed by atoms with van der Waals surface area (Å²) in [4.78, 5) is 3.00. The molecular formula is C10H7F6N3O. The number of hydrogen-bond donors (Lipinski definition) is 1. The van der Waals surface area contributed by atoms with Gasteiger partial charge < -0.3 is 10.5 Å². The second-order valence-electron chi connectivity index (χ2n) is 3.53. The van der Waals surface area contributed by atoms with Crippen LogP contribution in [0.1, 0.15) is 17.0 Å². The van der Waals surface area contributed by atoms with E-state index in [1.165, 1.54) is 6.07 Å². The average molecular weight is 299 g/mol. The second-order valence-corrected chi connectivity index (χ2v) is 3.53. The van der Waals surface area contributed by atoms with E-state index < -0.39 is 48.2 Å². The van der Waals surface area contributed by atoms with Crippen molar-refractivity contribution >= 4 is 0 Å². The van der Waals surface area contributed by atoms with E-state index in [-0.39, 0.29) is 0 Å². The summed E-state index contributed by atoms with van der Waals surface area (Å²) in [5.41, 5.74) is 2.39. The second kappa shape index (κ2) is 5.54. The Bertz CT molecular complexity index is 532. The molecule has 0 aliphatic rings. The Morgan fingerprint density at radius 2 is 1.85 bits per heavy atom. The number of nitriles is 1. The Morgan fingerprint density at radius 3 is 2.25 bits per heavy atom. The molecule has 1 heterocycles. The molecule has 0 atom stereocenters. The topological polar surface area (TPSA) is 71.9 Å². The molecule has 1 aromatic heterocycles. The fourth-order valence-corrected chi connectivity index (χ4v) is 1.38. The summed E-state index contributed by atoms with van der Waals surface area (Å²) >= 11 is 0. The molecule has 0 amide bonds. The van der Waals surface area contributed by atoms with Crippen LogP contribution in [0.2, 0.25) is 0 Å². The van der Waals surface area contributed by atoms with E-state index in [4.69, 9.17) is 11.0 Å². The molecule has 0 saturated carbocycles. The molecule has 4 nitrogen and oxygen atoms in total. The fourth-order valence-electron chi connectivity index (χ4n) is 1.38.